The molecule has 0 radical (unpaired) electrons. The first-order valence-corrected chi connectivity index (χ1v) is 23.3. The van der Waals surface area contributed by atoms with Crippen molar-refractivity contribution < 1.29 is 179 Å². The van der Waals surface area contributed by atoms with E-state index in [1.807, 2.05) is 0 Å². The molecule has 7 rings (SSSR count). The van der Waals surface area contributed by atoms with Gasteiger partial charge >= 0.3 is 0 Å². The van der Waals surface area contributed by atoms with Crippen LogP contribution in [-0.2, 0) is 33.2 Å². The van der Waals surface area contributed by atoms with Crippen molar-refractivity contribution in [2.75, 3.05) is 92.5 Å². The van der Waals surface area contributed by atoms with Crippen molar-refractivity contribution in [2.24, 2.45) is 0 Å². The minimum Gasteiger partial charge on any atom is -0.412 e. The lowest BCUT2D eigenvalue weighted by Crippen LogP contribution is -2.42. The van der Waals surface area contributed by atoms with Crippen molar-refractivity contribution in [1.82, 2.24) is 0 Å². The molecule has 0 saturated carbocycles. The third kappa shape index (κ3) is 36.6. The maximum absolute atomic E-state index is 9.04. The summed E-state index contributed by atoms with van der Waals surface area (Å²) in [6.45, 7) is 0.168. The normalized spacial score (nSPS) is 37.9. The summed E-state index contributed by atoms with van der Waals surface area (Å²) < 4.78 is 34.6. The fraction of sp³-hybridized carbons (Fsp3) is 1.00. The predicted molar refractivity (Wildman–Crippen MR) is 259 cm³/mol. The zero-order valence-electron chi connectivity index (χ0n) is 42.7. The van der Waals surface area contributed by atoms with Gasteiger partial charge in [-0.05, 0) is 0 Å². The van der Waals surface area contributed by atoms with Gasteiger partial charge in [0.25, 0.3) is 0 Å². The highest BCUT2D eigenvalue weighted by Gasteiger charge is 2.32. The molecule has 7 aliphatic rings. The summed E-state index contributed by atoms with van der Waals surface area (Å²) in [5, 5.41) is 186. The minimum absolute atomic E-state index is 0. The Morgan fingerprint density at radius 3 is 0.338 bits per heavy atom. The molecule has 0 spiro atoms. The molecule has 7 heterocycles. The summed E-state index contributed by atoms with van der Waals surface area (Å²) in [6, 6.07) is 0. The average Bonchev–Trinajstić information content (AvgIpc) is 3.36. The van der Waals surface area contributed by atoms with E-state index in [1.54, 1.807) is 0 Å². The molecule has 0 aromatic carbocycles. The van der Waals surface area contributed by atoms with Crippen LogP contribution in [0, 0.1) is 0 Å². The first kappa shape index (κ1) is 89.4. The number of ether oxygens (including phenoxy) is 7. The first-order chi connectivity index (χ1) is 33.2. The Kier molecular flexibility index (Phi) is 58.4. The van der Waals surface area contributed by atoms with E-state index >= 15 is 0 Å². The van der Waals surface area contributed by atoms with Gasteiger partial charge in [0.15, 0.2) is 0 Å². The molecule has 21 atom stereocenters. The number of hydrogen-bond acceptors (Lipinski definition) is 28. The van der Waals surface area contributed by atoms with Crippen molar-refractivity contribution in [3.8, 4) is 0 Å². The number of rotatable bonds is 7. The highest BCUT2D eigenvalue weighted by Crippen LogP contribution is 2.18. The van der Waals surface area contributed by atoms with Crippen molar-refractivity contribution in [3.63, 3.8) is 0 Å². The molecular formula is C42H98O35. The number of hydrogen-bond donors (Lipinski definition) is 21. The van der Waals surface area contributed by atoms with Crippen molar-refractivity contribution in [3.05, 3.63) is 0 Å². The van der Waals surface area contributed by atoms with E-state index in [-0.39, 0.29) is 174 Å². The SMILES string of the molecule is O.O.O.O.O.O.O.OCC1C[C@H](O)C(O)CO1.OCC1C[C@H](O)C(O)CO1.OCC1C[C@H](O)C(O)CO1.OCC1C[C@H](O)C(O)CO1.OCC1C[C@H](O)C(O)CO1.OCC1C[C@H](O)C(O)CO1.OCC1C[C@H](O)C(O)CO1. The Labute approximate surface area is 444 Å². The molecule has 35 nitrogen and oxygen atoms in total. The number of aliphatic hydroxyl groups is 21. The van der Waals surface area contributed by atoms with Crippen LogP contribution in [0.2, 0.25) is 0 Å². The largest absolute Gasteiger partial charge is 0.412 e. The van der Waals surface area contributed by atoms with Crippen LogP contribution in [0.1, 0.15) is 44.9 Å². The van der Waals surface area contributed by atoms with Crippen LogP contribution in [0.5, 0.6) is 0 Å². The standard InChI is InChI=1S/7C6H12O4.7H2O/c7*7-2-4-1-5(8)6(9)3-10-4;;;;;;;/h7*4-9H,1-3H2;7*1H2/t7*4?,5-,6?;;;;;;;/m0000000......./s1. The fourth-order valence-electron chi connectivity index (χ4n) is 6.77. The van der Waals surface area contributed by atoms with Gasteiger partial charge in [0.05, 0.1) is 178 Å². The molecular weight excluding hydrogens is 1060 g/mol. The van der Waals surface area contributed by atoms with E-state index in [1.165, 1.54) is 0 Å². The lowest BCUT2D eigenvalue weighted by Gasteiger charge is -2.29. The van der Waals surface area contributed by atoms with Crippen LogP contribution in [0.25, 0.3) is 0 Å². The average molecular weight is 1160 g/mol. The quantitative estimate of drug-likeness (QED) is 0.113. The summed E-state index contributed by atoms with van der Waals surface area (Å²) in [5.41, 5.74) is 0. The topological polar surface area (TPSA) is 710 Å². The van der Waals surface area contributed by atoms with E-state index in [0.29, 0.717) is 44.9 Å². The Hall–Kier alpha value is -1.40. The molecule has 0 bridgehead atoms. The molecule has 476 valence electrons. The van der Waals surface area contributed by atoms with Gasteiger partial charge in [-0.15, -0.1) is 0 Å². The summed E-state index contributed by atoms with van der Waals surface area (Å²) in [4.78, 5) is 0. The van der Waals surface area contributed by atoms with E-state index in [4.69, 9.17) is 140 Å². The summed E-state index contributed by atoms with van der Waals surface area (Å²) in [6.07, 6.45) is -10.7. The molecule has 0 aromatic heterocycles. The van der Waals surface area contributed by atoms with Crippen molar-refractivity contribution >= 4 is 0 Å². The van der Waals surface area contributed by atoms with Gasteiger partial charge in [0.1, 0.15) is 42.7 Å². The lowest BCUT2D eigenvalue weighted by molar-refractivity contribution is -0.131. The van der Waals surface area contributed by atoms with Gasteiger partial charge in [-0.1, -0.05) is 0 Å². The molecule has 35 heteroatoms. The van der Waals surface area contributed by atoms with Gasteiger partial charge in [0, 0.05) is 44.9 Å². The Morgan fingerprint density at radius 1 is 0.182 bits per heavy atom. The summed E-state index contributed by atoms with van der Waals surface area (Å²) in [5.74, 6) is 0. The van der Waals surface area contributed by atoms with Crippen LogP contribution in [0.3, 0.4) is 0 Å². The second-order valence-electron chi connectivity index (χ2n) is 17.6. The van der Waals surface area contributed by atoms with Gasteiger partial charge in [0.2, 0.25) is 0 Å². The van der Waals surface area contributed by atoms with Crippen LogP contribution in [-0.4, -0.2) is 366 Å². The molecule has 14 unspecified atom stereocenters. The monoisotopic (exact) mass is 1160 g/mol. The predicted octanol–water partition coefficient (Wildman–Crippen LogP) is -16.3. The molecule has 7 aliphatic heterocycles. The summed E-state index contributed by atoms with van der Waals surface area (Å²) in [7, 11) is 0. The second kappa shape index (κ2) is 50.3. The molecule has 0 aromatic rings. The van der Waals surface area contributed by atoms with Gasteiger partial charge in [-0.3, -0.25) is 0 Å². The maximum Gasteiger partial charge on any atom is 0.103 e. The van der Waals surface area contributed by atoms with E-state index in [9.17, 15) is 0 Å². The zero-order valence-corrected chi connectivity index (χ0v) is 42.7. The van der Waals surface area contributed by atoms with Crippen LogP contribution >= 0.6 is 0 Å². The second-order valence-corrected chi connectivity index (χ2v) is 17.6. The van der Waals surface area contributed by atoms with Crippen molar-refractivity contribution in [1.29, 1.82) is 0 Å². The van der Waals surface area contributed by atoms with Crippen LogP contribution in [0.4, 0.5) is 0 Å². The van der Waals surface area contributed by atoms with Gasteiger partial charge in [-0.25, -0.2) is 0 Å². The third-order valence-electron chi connectivity index (χ3n) is 11.6. The minimum atomic E-state index is -0.789. The lowest BCUT2D eigenvalue weighted by atomic mass is 10.0. The molecule has 7 fully saturated rings. The fourth-order valence-corrected chi connectivity index (χ4v) is 6.77. The Balaban J connectivity index is -0.000000146. The van der Waals surface area contributed by atoms with E-state index in [0.717, 1.165) is 0 Å². The van der Waals surface area contributed by atoms with Crippen LogP contribution in [0.15, 0.2) is 0 Å². The van der Waals surface area contributed by atoms with Gasteiger partial charge in [-0.2, -0.15) is 0 Å². The first-order valence-electron chi connectivity index (χ1n) is 23.3. The highest BCUT2D eigenvalue weighted by molar-refractivity contribution is 4.81. The third-order valence-corrected chi connectivity index (χ3v) is 11.6. The maximum atomic E-state index is 9.04. The Bertz CT molecular complexity index is 1010. The molecule has 77 heavy (non-hydrogen) atoms. The molecule has 35 N–H and O–H groups in total. The van der Waals surface area contributed by atoms with Crippen molar-refractivity contribution in [2.45, 2.75) is 173 Å². The van der Waals surface area contributed by atoms with E-state index < -0.39 is 85.5 Å². The zero-order chi connectivity index (χ0) is 52.9. The Morgan fingerprint density at radius 2 is 0.273 bits per heavy atom. The smallest absolute Gasteiger partial charge is 0.103 e. The number of aliphatic hydroxyl groups excluding tert-OH is 21. The summed E-state index contributed by atoms with van der Waals surface area (Å²) >= 11 is 0. The molecule has 7 saturated heterocycles. The van der Waals surface area contributed by atoms with Crippen LogP contribution < -0.4 is 0 Å². The molecule has 0 amide bonds. The molecule has 0 aliphatic carbocycles. The van der Waals surface area contributed by atoms with Gasteiger partial charge < -0.3 is 179 Å². The van der Waals surface area contributed by atoms with E-state index in [2.05, 4.69) is 0 Å². The highest BCUT2D eigenvalue weighted by atomic mass is 16.5.